The van der Waals surface area contributed by atoms with Crippen LogP contribution in [0.25, 0.3) is 0 Å². The van der Waals surface area contributed by atoms with Crippen LogP contribution >= 0.6 is 0 Å². The van der Waals surface area contributed by atoms with Crippen LogP contribution in [0, 0.1) is 0 Å². The molecule has 1 aromatic heterocycles. The van der Waals surface area contributed by atoms with Crippen LogP contribution in [-0.4, -0.2) is 34.0 Å². The Morgan fingerprint density at radius 1 is 1.59 bits per heavy atom. The lowest BCUT2D eigenvalue weighted by Crippen LogP contribution is -2.23. The second-order valence-electron chi connectivity index (χ2n) is 4.58. The second-order valence-corrected chi connectivity index (χ2v) is 4.58. The van der Waals surface area contributed by atoms with Crippen molar-refractivity contribution < 1.29 is 9.84 Å². The molecule has 0 aliphatic carbocycles. The molecule has 17 heavy (non-hydrogen) atoms. The number of aromatic nitrogens is 2. The van der Waals surface area contributed by atoms with E-state index >= 15 is 0 Å². The van der Waals surface area contributed by atoms with Crippen LogP contribution in [0.5, 0.6) is 0 Å². The molecule has 0 spiro atoms. The largest absolute Gasteiger partial charge is 0.394 e. The van der Waals surface area contributed by atoms with Crippen molar-refractivity contribution in [1.82, 2.24) is 9.55 Å². The molecule has 0 amide bonds. The molecule has 2 atom stereocenters. The molecule has 0 radical (unpaired) electrons. The van der Waals surface area contributed by atoms with Crippen molar-refractivity contribution in [2.75, 3.05) is 13.2 Å². The standard InChI is InChI=1S/C12H21N3O2/c13-11(8-16)12-7-14-9-15(12)5-4-10-3-1-2-6-17-10/h7,9-11,16H,1-6,8,13H2. The zero-order valence-electron chi connectivity index (χ0n) is 10.1. The van der Waals surface area contributed by atoms with Crippen LogP contribution < -0.4 is 5.73 Å². The molecule has 1 fully saturated rings. The number of imidazole rings is 1. The van der Waals surface area contributed by atoms with Gasteiger partial charge in [-0.3, -0.25) is 0 Å². The van der Waals surface area contributed by atoms with Crippen molar-refractivity contribution >= 4 is 0 Å². The highest BCUT2D eigenvalue weighted by Gasteiger charge is 2.15. The topological polar surface area (TPSA) is 73.3 Å². The SMILES string of the molecule is NC(CO)c1cncn1CCC1CCCCO1. The van der Waals surface area contributed by atoms with Crippen molar-refractivity contribution in [1.29, 1.82) is 0 Å². The van der Waals surface area contributed by atoms with Gasteiger partial charge in [-0.1, -0.05) is 0 Å². The predicted molar refractivity (Wildman–Crippen MR) is 64.4 cm³/mol. The van der Waals surface area contributed by atoms with E-state index in [9.17, 15) is 0 Å². The van der Waals surface area contributed by atoms with Crippen LogP contribution in [0.15, 0.2) is 12.5 Å². The number of aliphatic hydroxyl groups excluding tert-OH is 1. The maximum atomic E-state index is 9.06. The highest BCUT2D eigenvalue weighted by atomic mass is 16.5. The summed E-state index contributed by atoms with van der Waals surface area (Å²) in [6.45, 7) is 1.69. The molecular formula is C12H21N3O2. The van der Waals surface area contributed by atoms with E-state index in [-0.39, 0.29) is 12.6 Å². The van der Waals surface area contributed by atoms with Gasteiger partial charge in [-0.25, -0.2) is 4.98 Å². The summed E-state index contributed by atoms with van der Waals surface area (Å²) in [6.07, 6.45) is 8.44. The lowest BCUT2D eigenvalue weighted by Gasteiger charge is -2.23. The van der Waals surface area contributed by atoms with Crippen molar-refractivity contribution in [3.8, 4) is 0 Å². The van der Waals surface area contributed by atoms with Gasteiger partial charge in [0.25, 0.3) is 0 Å². The zero-order valence-corrected chi connectivity index (χ0v) is 10.1. The van der Waals surface area contributed by atoms with Crippen molar-refractivity contribution in [2.24, 2.45) is 5.73 Å². The molecule has 2 unspecified atom stereocenters. The van der Waals surface area contributed by atoms with Gasteiger partial charge in [0.1, 0.15) is 0 Å². The first-order valence-corrected chi connectivity index (χ1v) is 6.29. The molecule has 1 aromatic rings. The predicted octanol–water partition coefficient (Wildman–Crippen LogP) is 0.834. The van der Waals surface area contributed by atoms with E-state index in [0.29, 0.717) is 6.10 Å². The number of ether oxygens (including phenoxy) is 1. The summed E-state index contributed by atoms with van der Waals surface area (Å²) in [4.78, 5) is 4.09. The Morgan fingerprint density at radius 3 is 3.18 bits per heavy atom. The smallest absolute Gasteiger partial charge is 0.0948 e. The molecule has 5 heteroatoms. The molecule has 5 nitrogen and oxygen atoms in total. The summed E-state index contributed by atoms with van der Waals surface area (Å²) >= 11 is 0. The molecule has 2 heterocycles. The van der Waals surface area contributed by atoms with E-state index in [1.165, 1.54) is 12.8 Å². The van der Waals surface area contributed by atoms with Crippen molar-refractivity contribution in [3.63, 3.8) is 0 Å². The Labute approximate surface area is 102 Å². The Bertz CT molecular complexity index is 334. The molecule has 96 valence electrons. The van der Waals surface area contributed by atoms with Crippen LogP contribution in [0.4, 0.5) is 0 Å². The summed E-state index contributed by atoms with van der Waals surface area (Å²) in [7, 11) is 0. The first-order chi connectivity index (χ1) is 8.31. The molecular weight excluding hydrogens is 218 g/mol. The van der Waals surface area contributed by atoms with E-state index in [4.69, 9.17) is 15.6 Å². The fourth-order valence-electron chi connectivity index (χ4n) is 2.24. The van der Waals surface area contributed by atoms with Gasteiger partial charge in [0.2, 0.25) is 0 Å². The molecule has 0 aromatic carbocycles. The van der Waals surface area contributed by atoms with Crippen LogP contribution in [0.3, 0.4) is 0 Å². The summed E-state index contributed by atoms with van der Waals surface area (Å²) in [6, 6.07) is -0.343. The highest BCUT2D eigenvalue weighted by molar-refractivity contribution is 5.04. The van der Waals surface area contributed by atoms with Gasteiger partial charge in [0, 0.05) is 19.3 Å². The molecule has 1 aliphatic heterocycles. The Balaban J connectivity index is 1.87. The van der Waals surface area contributed by atoms with Gasteiger partial charge in [-0.05, 0) is 25.7 Å². The normalized spacial score (nSPS) is 22.6. The van der Waals surface area contributed by atoms with Gasteiger partial charge in [0.15, 0.2) is 0 Å². The Hall–Kier alpha value is -0.910. The average molecular weight is 239 g/mol. The summed E-state index contributed by atoms with van der Waals surface area (Å²) < 4.78 is 7.70. The molecule has 1 saturated heterocycles. The molecule has 0 bridgehead atoms. The summed E-state index contributed by atoms with van der Waals surface area (Å²) in [5, 5.41) is 9.06. The summed E-state index contributed by atoms with van der Waals surface area (Å²) in [5.74, 6) is 0. The van der Waals surface area contributed by atoms with E-state index in [0.717, 1.165) is 31.7 Å². The maximum absolute atomic E-state index is 9.06. The first kappa shape index (κ1) is 12.5. The minimum Gasteiger partial charge on any atom is -0.394 e. The number of nitrogens with zero attached hydrogens (tertiary/aromatic N) is 2. The zero-order chi connectivity index (χ0) is 12.1. The third-order valence-electron chi connectivity index (χ3n) is 3.29. The quantitative estimate of drug-likeness (QED) is 0.798. The van der Waals surface area contributed by atoms with Gasteiger partial charge < -0.3 is 20.1 Å². The van der Waals surface area contributed by atoms with E-state index < -0.39 is 0 Å². The third kappa shape index (κ3) is 3.28. The van der Waals surface area contributed by atoms with Crippen molar-refractivity contribution in [3.05, 3.63) is 18.2 Å². The lowest BCUT2D eigenvalue weighted by atomic mass is 10.1. The summed E-state index contributed by atoms with van der Waals surface area (Å²) in [5.41, 5.74) is 6.70. The second kappa shape index (κ2) is 6.14. The van der Waals surface area contributed by atoms with Gasteiger partial charge >= 0.3 is 0 Å². The van der Waals surface area contributed by atoms with Gasteiger partial charge in [-0.2, -0.15) is 0 Å². The average Bonchev–Trinajstić information content (AvgIpc) is 2.85. The molecule has 1 aliphatic rings. The fourth-order valence-corrected chi connectivity index (χ4v) is 2.24. The van der Waals surface area contributed by atoms with Crippen LogP contribution in [-0.2, 0) is 11.3 Å². The van der Waals surface area contributed by atoms with E-state index in [1.807, 2.05) is 4.57 Å². The van der Waals surface area contributed by atoms with E-state index in [1.54, 1.807) is 12.5 Å². The number of hydrogen-bond acceptors (Lipinski definition) is 4. The highest BCUT2D eigenvalue weighted by Crippen LogP contribution is 2.17. The lowest BCUT2D eigenvalue weighted by molar-refractivity contribution is 0.00864. The number of aliphatic hydroxyl groups is 1. The number of nitrogens with two attached hydrogens (primary N) is 1. The van der Waals surface area contributed by atoms with Crippen LogP contribution in [0.2, 0.25) is 0 Å². The van der Waals surface area contributed by atoms with Crippen molar-refractivity contribution in [2.45, 2.75) is 44.4 Å². The van der Waals surface area contributed by atoms with Crippen LogP contribution in [0.1, 0.15) is 37.4 Å². The van der Waals surface area contributed by atoms with E-state index in [2.05, 4.69) is 4.98 Å². The van der Waals surface area contributed by atoms with Gasteiger partial charge in [0.05, 0.1) is 30.8 Å². The number of aryl methyl sites for hydroxylation is 1. The minimum atomic E-state index is -0.343. The maximum Gasteiger partial charge on any atom is 0.0948 e. The first-order valence-electron chi connectivity index (χ1n) is 6.29. The molecule has 0 saturated carbocycles. The Morgan fingerprint density at radius 2 is 2.47 bits per heavy atom. The molecule has 2 rings (SSSR count). The minimum absolute atomic E-state index is 0.0500. The third-order valence-corrected chi connectivity index (χ3v) is 3.29. The molecule has 3 N–H and O–H groups in total. The fraction of sp³-hybridized carbons (Fsp3) is 0.750. The number of hydrogen-bond donors (Lipinski definition) is 2. The monoisotopic (exact) mass is 239 g/mol. The number of rotatable bonds is 5. The Kier molecular flexibility index (Phi) is 4.53. The van der Waals surface area contributed by atoms with Gasteiger partial charge in [-0.15, -0.1) is 0 Å².